The highest BCUT2D eigenvalue weighted by Gasteiger charge is 2.29. The average molecular weight is 351 g/mol. The number of rotatable bonds is 4. The first-order chi connectivity index (χ1) is 9.99. The largest absolute Gasteiger partial charge is 0.334 e. The topological polar surface area (TPSA) is 46.3 Å². The predicted molar refractivity (Wildman–Crippen MR) is 87.9 cm³/mol. The summed E-state index contributed by atoms with van der Waals surface area (Å²) < 4.78 is 24.6. The Balaban J connectivity index is 0.00000242. The van der Waals surface area contributed by atoms with Crippen LogP contribution >= 0.6 is 24.2 Å². The summed E-state index contributed by atoms with van der Waals surface area (Å²) in [6, 6.07) is 6.34. The standard InChI is InChI=1S/C15H20F2N2OS.ClH/c1-10(18)13-4-2-3-9-19(13)14(20)11-5-7-12(8-6-11)21-15(16)17;/h5-8,10,13,15H,2-4,9,18H2,1H3;1H. The molecule has 1 aromatic rings. The number of alkyl halides is 2. The van der Waals surface area contributed by atoms with Gasteiger partial charge in [0.2, 0.25) is 0 Å². The zero-order valence-corrected chi connectivity index (χ0v) is 14.0. The van der Waals surface area contributed by atoms with E-state index in [-0.39, 0.29) is 30.4 Å². The molecule has 1 aromatic carbocycles. The zero-order valence-electron chi connectivity index (χ0n) is 12.4. The van der Waals surface area contributed by atoms with E-state index < -0.39 is 5.76 Å². The second kappa shape index (κ2) is 8.70. The second-order valence-electron chi connectivity index (χ2n) is 5.32. The molecule has 2 unspecified atom stereocenters. The SMILES string of the molecule is CC(N)C1CCCCN1C(=O)c1ccc(SC(F)F)cc1.Cl. The van der Waals surface area contributed by atoms with Crippen LogP contribution in [0.1, 0.15) is 36.5 Å². The van der Waals surface area contributed by atoms with Gasteiger partial charge in [0.25, 0.3) is 11.7 Å². The van der Waals surface area contributed by atoms with Crippen LogP contribution in [-0.2, 0) is 0 Å². The lowest BCUT2D eigenvalue weighted by Gasteiger charge is -2.38. The summed E-state index contributed by atoms with van der Waals surface area (Å²) in [7, 11) is 0. The molecule has 1 fully saturated rings. The van der Waals surface area contributed by atoms with E-state index in [0.29, 0.717) is 28.8 Å². The molecule has 2 N–H and O–H groups in total. The maximum atomic E-state index is 12.6. The molecule has 1 aliphatic rings. The molecular weight excluding hydrogens is 330 g/mol. The monoisotopic (exact) mass is 350 g/mol. The number of carbonyl (C=O) groups excluding carboxylic acids is 1. The smallest absolute Gasteiger partial charge is 0.288 e. The molecule has 2 atom stereocenters. The average Bonchev–Trinajstić information content (AvgIpc) is 2.46. The van der Waals surface area contributed by atoms with E-state index in [2.05, 4.69) is 0 Å². The Labute approximate surface area is 140 Å². The Hall–Kier alpha value is -0.850. The van der Waals surface area contributed by atoms with Gasteiger partial charge in [0.05, 0.1) is 0 Å². The highest BCUT2D eigenvalue weighted by molar-refractivity contribution is 7.99. The molecule has 0 aliphatic carbocycles. The number of likely N-dealkylation sites (tertiary alicyclic amines) is 1. The molecule has 0 spiro atoms. The number of halogens is 3. The lowest BCUT2D eigenvalue weighted by Crippen LogP contribution is -2.51. The lowest BCUT2D eigenvalue weighted by molar-refractivity contribution is 0.0584. The van der Waals surface area contributed by atoms with Crippen molar-refractivity contribution in [1.82, 2.24) is 4.90 Å². The molecule has 0 saturated carbocycles. The van der Waals surface area contributed by atoms with E-state index in [1.165, 1.54) is 0 Å². The van der Waals surface area contributed by atoms with Gasteiger partial charge in [0, 0.05) is 29.1 Å². The van der Waals surface area contributed by atoms with Crippen LogP contribution in [0.5, 0.6) is 0 Å². The third kappa shape index (κ3) is 4.83. The van der Waals surface area contributed by atoms with Gasteiger partial charge in [0.15, 0.2) is 0 Å². The highest BCUT2D eigenvalue weighted by atomic mass is 35.5. The zero-order chi connectivity index (χ0) is 15.4. The minimum absolute atomic E-state index is 0. The molecule has 7 heteroatoms. The molecule has 0 radical (unpaired) electrons. The van der Waals surface area contributed by atoms with Gasteiger partial charge in [0.1, 0.15) is 0 Å². The fraction of sp³-hybridized carbons (Fsp3) is 0.533. The number of piperidine rings is 1. The van der Waals surface area contributed by atoms with Gasteiger partial charge >= 0.3 is 0 Å². The summed E-state index contributed by atoms with van der Waals surface area (Å²) in [6.07, 6.45) is 2.98. The van der Waals surface area contributed by atoms with Crippen molar-refractivity contribution < 1.29 is 13.6 Å². The number of benzene rings is 1. The van der Waals surface area contributed by atoms with Crippen LogP contribution in [0, 0.1) is 0 Å². The number of hydrogen-bond acceptors (Lipinski definition) is 3. The van der Waals surface area contributed by atoms with Crippen molar-refractivity contribution in [3.63, 3.8) is 0 Å². The van der Waals surface area contributed by atoms with Crippen molar-refractivity contribution in [2.45, 2.75) is 48.9 Å². The number of carbonyl (C=O) groups is 1. The summed E-state index contributed by atoms with van der Waals surface area (Å²) in [5.74, 6) is -2.51. The summed E-state index contributed by atoms with van der Waals surface area (Å²) in [5.41, 5.74) is 6.50. The highest BCUT2D eigenvalue weighted by Crippen LogP contribution is 2.26. The summed E-state index contributed by atoms with van der Waals surface area (Å²) in [4.78, 5) is 14.8. The van der Waals surface area contributed by atoms with Crippen LogP contribution < -0.4 is 5.73 Å². The van der Waals surface area contributed by atoms with Crippen molar-refractivity contribution in [2.75, 3.05) is 6.54 Å². The van der Waals surface area contributed by atoms with Crippen molar-refractivity contribution in [1.29, 1.82) is 0 Å². The van der Waals surface area contributed by atoms with Crippen molar-refractivity contribution >= 4 is 30.1 Å². The van der Waals surface area contributed by atoms with Gasteiger partial charge in [-0.2, -0.15) is 8.78 Å². The van der Waals surface area contributed by atoms with Crippen molar-refractivity contribution in [3.05, 3.63) is 29.8 Å². The molecule has 1 saturated heterocycles. The van der Waals surface area contributed by atoms with Gasteiger partial charge in [-0.1, -0.05) is 11.8 Å². The minimum atomic E-state index is -2.45. The van der Waals surface area contributed by atoms with Crippen LogP contribution in [0.3, 0.4) is 0 Å². The fourth-order valence-electron chi connectivity index (χ4n) is 2.70. The first kappa shape index (κ1) is 19.2. The first-order valence-electron chi connectivity index (χ1n) is 7.10. The number of nitrogens with two attached hydrogens (primary N) is 1. The number of thioether (sulfide) groups is 1. The Morgan fingerprint density at radius 2 is 1.95 bits per heavy atom. The maximum Gasteiger partial charge on any atom is 0.288 e. The summed E-state index contributed by atoms with van der Waals surface area (Å²) in [5, 5.41) is 0. The van der Waals surface area contributed by atoms with Crippen molar-refractivity contribution in [2.24, 2.45) is 5.73 Å². The van der Waals surface area contributed by atoms with Gasteiger partial charge in [-0.25, -0.2) is 0 Å². The molecular formula is C15H21ClF2N2OS. The van der Waals surface area contributed by atoms with Gasteiger partial charge in [-0.15, -0.1) is 12.4 Å². The van der Waals surface area contributed by atoms with E-state index in [1.54, 1.807) is 24.3 Å². The van der Waals surface area contributed by atoms with E-state index in [4.69, 9.17) is 5.73 Å². The van der Waals surface area contributed by atoms with E-state index in [1.807, 2.05) is 11.8 Å². The normalized spacial score (nSPS) is 19.7. The van der Waals surface area contributed by atoms with Crippen LogP contribution in [-0.4, -0.2) is 35.2 Å². The van der Waals surface area contributed by atoms with Gasteiger partial charge in [-0.3, -0.25) is 4.79 Å². The van der Waals surface area contributed by atoms with E-state index in [9.17, 15) is 13.6 Å². The van der Waals surface area contributed by atoms with Crippen LogP contribution in [0.2, 0.25) is 0 Å². The van der Waals surface area contributed by atoms with Crippen LogP contribution in [0.4, 0.5) is 8.78 Å². The van der Waals surface area contributed by atoms with Gasteiger partial charge in [-0.05, 0) is 50.5 Å². The van der Waals surface area contributed by atoms with Crippen LogP contribution in [0.15, 0.2) is 29.2 Å². The molecule has 0 bridgehead atoms. The summed E-state index contributed by atoms with van der Waals surface area (Å²) in [6.45, 7) is 2.62. The van der Waals surface area contributed by atoms with Crippen molar-refractivity contribution in [3.8, 4) is 0 Å². The number of amides is 1. The molecule has 124 valence electrons. The van der Waals surface area contributed by atoms with Gasteiger partial charge < -0.3 is 10.6 Å². The molecule has 1 amide bonds. The number of nitrogens with zero attached hydrogens (tertiary/aromatic N) is 1. The second-order valence-corrected chi connectivity index (χ2v) is 6.39. The van der Waals surface area contributed by atoms with Crippen LogP contribution in [0.25, 0.3) is 0 Å². The Morgan fingerprint density at radius 3 is 2.50 bits per heavy atom. The molecule has 3 nitrogen and oxygen atoms in total. The fourth-order valence-corrected chi connectivity index (χ4v) is 3.20. The minimum Gasteiger partial charge on any atom is -0.334 e. The van der Waals surface area contributed by atoms with E-state index in [0.717, 1.165) is 19.3 Å². The lowest BCUT2D eigenvalue weighted by atomic mass is 9.96. The first-order valence-corrected chi connectivity index (χ1v) is 7.98. The third-order valence-electron chi connectivity index (χ3n) is 3.74. The molecule has 1 heterocycles. The predicted octanol–water partition coefficient (Wildman–Crippen LogP) is 3.77. The third-order valence-corrected chi connectivity index (χ3v) is 4.47. The molecule has 22 heavy (non-hydrogen) atoms. The molecule has 1 aliphatic heterocycles. The molecule has 0 aromatic heterocycles. The van der Waals surface area contributed by atoms with E-state index >= 15 is 0 Å². The Morgan fingerprint density at radius 1 is 1.32 bits per heavy atom. The maximum absolute atomic E-state index is 12.6. The summed E-state index contributed by atoms with van der Waals surface area (Å²) >= 11 is 0.482. The Kier molecular flexibility index (Phi) is 7.59. The number of hydrogen-bond donors (Lipinski definition) is 1. The Bertz CT molecular complexity index is 485. The quantitative estimate of drug-likeness (QED) is 0.841. The molecule has 2 rings (SSSR count).